The van der Waals surface area contributed by atoms with Crippen molar-refractivity contribution in [2.45, 2.75) is 12.6 Å². The number of hydrogen-bond acceptors (Lipinski definition) is 4. The van der Waals surface area contributed by atoms with Gasteiger partial charge in [0.25, 0.3) is 5.91 Å². The molecule has 0 aliphatic carbocycles. The molecule has 0 heterocycles. The Kier molecular flexibility index (Phi) is 6.21. The maximum Gasteiger partial charge on any atom is 0.256 e. The molecule has 2 rings (SSSR count). The second-order valence-corrected chi connectivity index (χ2v) is 5.40. The molecule has 0 saturated carbocycles. The quantitative estimate of drug-likeness (QED) is 0.783. The maximum absolute atomic E-state index is 12.7. The first-order chi connectivity index (χ1) is 11.6. The Hall–Kier alpha value is -2.53. The van der Waals surface area contributed by atoms with Crippen LogP contribution in [0.4, 0.5) is 0 Å². The van der Waals surface area contributed by atoms with Crippen LogP contribution < -0.4 is 9.47 Å². The standard InChI is InChI=1S/C19H23NO4/c1-20(13-15-10-11-16(22-2)12-17(15)23-3)19(21)18(24-4)14-8-6-5-7-9-14/h5-12,18H,13H2,1-4H3. The van der Waals surface area contributed by atoms with Gasteiger partial charge in [-0.15, -0.1) is 0 Å². The van der Waals surface area contributed by atoms with Crippen molar-refractivity contribution in [3.05, 3.63) is 59.7 Å². The predicted molar refractivity (Wildman–Crippen MR) is 92.2 cm³/mol. The monoisotopic (exact) mass is 329 g/mol. The Bertz CT molecular complexity index is 672. The molecule has 5 heteroatoms. The van der Waals surface area contributed by atoms with Crippen molar-refractivity contribution in [1.29, 1.82) is 0 Å². The van der Waals surface area contributed by atoms with E-state index in [2.05, 4.69) is 0 Å². The molecule has 0 aliphatic heterocycles. The topological polar surface area (TPSA) is 48.0 Å². The number of ether oxygens (including phenoxy) is 3. The molecular formula is C19H23NO4. The highest BCUT2D eigenvalue weighted by Crippen LogP contribution is 2.27. The molecule has 0 bridgehead atoms. The molecule has 1 unspecified atom stereocenters. The molecule has 0 saturated heterocycles. The Morgan fingerprint density at radius 1 is 1.04 bits per heavy atom. The van der Waals surface area contributed by atoms with Crippen LogP contribution in [-0.4, -0.2) is 39.2 Å². The van der Waals surface area contributed by atoms with Crippen LogP contribution >= 0.6 is 0 Å². The largest absolute Gasteiger partial charge is 0.497 e. The SMILES string of the molecule is COc1ccc(CN(C)C(=O)C(OC)c2ccccc2)c(OC)c1. The second-order valence-electron chi connectivity index (χ2n) is 5.40. The van der Waals surface area contributed by atoms with E-state index in [0.29, 0.717) is 18.0 Å². The van der Waals surface area contributed by atoms with Gasteiger partial charge in [0.05, 0.1) is 14.2 Å². The second kappa shape index (κ2) is 8.36. The van der Waals surface area contributed by atoms with E-state index in [4.69, 9.17) is 14.2 Å². The van der Waals surface area contributed by atoms with Gasteiger partial charge in [-0.2, -0.15) is 0 Å². The first-order valence-electron chi connectivity index (χ1n) is 7.64. The molecule has 0 aliphatic rings. The van der Waals surface area contributed by atoms with Gasteiger partial charge in [0.2, 0.25) is 0 Å². The van der Waals surface area contributed by atoms with Crippen molar-refractivity contribution in [3.63, 3.8) is 0 Å². The Morgan fingerprint density at radius 3 is 2.33 bits per heavy atom. The lowest BCUT2D eigenvalue weighted by molar-refractivity contribution is -0.141. The fourth-order valence-electron chi connectivity index (χ4n) is 2.52. The summed E-state index contributed by atoms with van der Waals surface area (Å²) in [6.07, 6.45) is -0.625. The fraction of sp³-hybridized carbons (Fsp3) is 0.316. The minimum atomic E-state index is -0.625. The molecule has 128 valence electrons. The zero-order chi connectivity index (χ0) is 17.5. The summed E-state index contributed by atoms with van der Waals surface area (Å²) >= 11 is 0. The third-order valence-corrected chi connectivity index (χ3v) is 3.84. The van der Waals surface area contributed by atoms with Gasteiger partial charge in [-0.1, -0.05) is 30.3 Å². The molecule has 0 radical (unpaired) electrons. The van der Waals surface area contributed by atoms with Crippen molar-refractivity contribution in [1.82, 2.24) is 4.90 Å². The summed E-state index contributed by atoms with van der Waals surface area (Å²) in [7, 11) is 6.49. The average Bonchev–Trinajstić information content (AvgIpc) is 2.63. The zero-order valence-electron chi connectivity index (χ0n) is 14.5. The summed E-state index contributed by atoms with van der Waals surface area (Å²) in [5.74, 6) is 1.29. The van der Waals surface area contributed by atoms with Gasteiger partial charge in [0.15, 0.2) is 6.10 Å². The highest BCUT2D eigenvalue weighted by atomic mass is 16.5. The van der Waals surface area contributed by atoms with E-state index < -0.39 is 6.10 Å². The van der Waals surface area contributed by atoms with Gasteiger partial charge in [0.1, 0.15) is 11.5 Å². The van der Waals surface area contributed by atoms with Crippen molar-refractivity contribution in [3.8, 4) is 11.5 Å². The molecule has 1 atom stereocenters. The molecule has 0 aromatic heterocycles. The number of carbonyl (C=O) groups is 1. The van der Waals surface area contributed by atoms with E-state index in [1.807, 2.05) is 42.5 Å². The summed E-state index contributed by atoms with van der Waals surface area (Å²) in [4.78, 5) is 14.4. The van der Waals surface area contributed by atoms with Crippen LogP contribution in [0.5, 0.6) is 11.5 Å². The van der Waals surface area contributed by atoms with Crippen LogP contribution in [-0.2, 0) is 16.1 Å². The van der Waals surface area contributed by atoms with Crippen LogP contribution in [0.1, 0.15) is 17.2 Å². The summed E-state index contributed by atoms with van der Waals surface area (Å²) < 4.78 is 16.0. The third kappa shape index (κ3) is 4.06. The molecule has 0 N–H and O–H groups in total. The molecule has 5 nitrogen and oxygen atoms in total. The lowest BCUT2D eigenvalue weighted by Crippen LogP contribution is -2.32. The number of hydrogen-bond donors (Lipinski definition) is 0. The first-order valence-corrected chi connectivity index (χ1v) is 7.64. The van der Waals surface area contributed by atoms with E-state index in [-0.39, 0.29) is 5.91 Å². The number of carbonyl (C=O) groups excluding carboxylic acids is 1. The summed E-state index contributed by atoms with van der Waals surface area (Å²) in [5.41, 5.74) is 1.73. The van der Waals surface area contributed by atoms with Gasteiger partial charge in [-0.3, -0.25) is 4.79 Å². The van der Waals surface area contributed by atoms with Crippen LogP contribution in [0.2, 0.25) is 0 Å². The minimum absolute atomic E-state index is 0.110. The van der Waals surface area contributed by atoms with Crippen LogP contribution in [0.25, 0.3) is 0 Å². The molecule has 1 amide bonds. The van der Waals surface area contributed by atoms with E-state index in [1.54, 1.807) is 32.2 Å². The van der Waals surface area contributed by atoms with E-state index in [9.17, 15) is 4.79 Å². The Morgan fingerprint density at radius 2 is 1.75 bits per heavy atom. The van der Waals surface area contributed by atoms with Gasteiger partial charge in [0, 0.05) is 32.3 Å². The third-order valence-electron chi connectivity index (χ3n) is 3.84. The van der Waals surface area contributed by atoms with Crippen molar-refractivity contribution in [2.75, 3.05) is 28.4 Å². The van der Waals surface area contributed by atoms with Gasteiger partial charge < -0.3 is 19.1 Å². The lowest BCUT2D eigenvalue weighted by atomic mass is 10.1. The molecule has 0 fully saturated rings. The van der Waals surface area contributed by atoms with Crippen molar-refractivity contribution >= 4 is 5.91 Å². The minimum Gasteiger partial charge on any atom is -0.497 e. The van der Waals surface area contributed by atoms with E-state index >= 15 is 0 Å². The van der Waals surface area contributed by atoms with Gasteiger partial charge >= 0.3 is 0 Å². The number of benzene rings is 2. The highest BCUT2D eigenvalue weighted by Gasteiger charge is 2.24. The van der Waals surface area contributed by atoms with Crippen molar-refractivity contribution < 1.29 is 19.0 Å². The number of nitrogens with zero attached hydrogens (tertiary/aromatic N) is 1. The van der Waals surface area contributed by atoms with Gasteiger partial charge in [-0.05, 0) is 17.7 Å². The molecule has 24 heavy (non-hydrogen) atoms. The zero-order valence-corrected chi connectivity index (χ0v) is 14.5. The highest BCUT2D eigenvalue weighted by molar-refractivity contribution is 5.82. The maximum atomic E-state index is 12.7. The fourth-order valence-corrected chi connectivity index (χ4v) is 2.52. The van der Waals surface area contributed by atoms with Crippen molar-refractivity contribution in [2.24, 2.45) is 0 Å². The van der Waals surface area contributed by atoms with Crippen LogP contribution in [0, 0.1) is 0 Å². The first kappa shape index (κ1) is 17.8. The van der Waals surface area contributed by atoms with Gasteiger partial charge in [-0.25, -0.2) is 0 Å². The smallest absolute Gasteiger partial charge is 0.256 e. The summed E-state index contributed by atoms with van der Waals surface area (Å²) in [5, 5.41) is 0. The van der Waals surface area contributed by atoms with E-state index in [0.717, 1.165) is 11.1 Å². The molecule has 2 aromatic carbocycles. The van der Waals surface area contributed by atoms with Crippen LogP contribution in [0.3, 0.4) is 0 Å². The normalized spacial score (nSPS) is 11.7. The number of likely N-dealkylation sites (N-methyl/N-ethyl adjacent to an activating group) is 1. The molecular weight excluding hydrogens is 306 g/mol. The molecule has 2 aromatic rings. The number of amides is 1. The predicted octanol–water partition coefficient (Wildman–Crippen LogP) is 3.05. The summed E-state index contributed by atoms with van der Waals surface area (Å²) in [6, 6.07) is 15.0. The lowest BCUT2D eigenvalue weighted by Gasteiger charge is -2.24. The number of rotatable bonds is 7. The average molecular weight is 329 g/mol. The van der Waals surface area contributed by atoms with Crippen LogP contribution in [0.15, 0.2) is 48.5 Å². The number of methoxy groups -OCH3 is 3. The molecule has 0 spiro atoms. The summed E-state index contributed by atoms with van der Waals surface area (Å²) in [6.45, 7) is 0.415. The Balaban J connectivity index is 2.16. The Labute approximate surface area is 142 Å². The van der Waals surface area contributed by atoms with E-state index in [1.165, 1.54) is 7.11 Å².